The van der Waals surface area contributed by atoms with Crippen LogP contribution in [-0.4, -0.2) is 10.9 Å². The summed E-state index contributed by atoms with van der Waals surface area (Å²) in [6.07, 6.45) is 0. The maximum atomic E-state index is 12.6. The number of thiophene rings is 2. The minimum Gasteiger partial charge on any atom is -0.359 e. The highest BCUT2D eigenvalue weighted by Crippen LogP contribution is 2.32. The van der Waals surface area contributed by atoms with E-state index in [0.717, 1.165) is 9.75 Å². The molecule has 0 atom stereocenters. The molecule has 7 heteroatoms. The van der Waals surface area contributed by atoms with Crippen molar-refractivity contribution in [2.24, 2.45) is 0 Å². The minimum absolute atomic E-state index is 0.0878. The molecule has 0 radical (unpaired) electrons. The van der Waals surface area contributed by atoms with E-state index >= 15 is 0 Å². The fourth-order valence-corrected chi connectivity index (χ4v) is 3.97. The molecule has 0 aliphatic carbocycles. The zero-order valence-electron chi connectivity index (χ0n) is 11.1. The normalized spacial score (nSPS) is 11.1. The van der Waals surface area contributed by atoms with Crippen LogP contribution in [0.1, 0.15) is 15.2 Å². The summed E-state index contributed by atoms with van der Waals surface area (Å²) in [5.74, 6) is -0.0878. The van der Waals surface area contributed by atoms with Gasteiger partial charge in [-0.05, 0) is 40.6 Å². The average Bonchev–Trinajstić information content (AvgIpc) is 3.27. The third kappa shape index (κ3) is 2.11. The molecule has 0 aliphatic rings. The first-order valence-electron chi connectivity index (χ1n) is 6.40. The van der Waals surface area contributed by atoms with E-state index in [0.29, 0.717) is 26.4 Å². The fourth-order valence-electron chi connectivity index (χ4n) is 2.17. The van der Waals surface area contributed by atoms with Crippen LogP contribution in [0.2, 0.25) is 0 Å². The van der Waals surface area contributed by atoms with Crippen molar-refractivity contribution in [3.8, 4) is 9.75 Å². The lowest BCUT2D eigenvalue weighted by atomic mass is 10.1. The molecule has 0 unspecified atom stereocenters. The van der Waals surface area contributed by atoms with Crippen molar-refractivity contribution in [3.05, 3.63) is 63.5 Å². The van der Waals surface area contributed by atoms with Crippen LogP contribution in [0.4, 0.5) is 0 Å². The van der Waals surface area contributed by atoms with Crippen molar-refractivity contribution in [1.29, 1.82) is 0 Å². The Bertz CT molecular complexity index is 970. The van der Waals surface area contributed by atoms with E-state index in [9.17, 15) is 10.0 Å². The first-order valence-corrected chi connectivity index (χ1v) is 8.10. The maximum Gasteiger partial charge on any atom is 0.249 e. The second-order valence-corrected chi connectivity index (χ2v) is 6.64. The van der Waals surface area contributed by atoms with Crippen LogP contribution in [0.25, 0.3) is 20.8 Å². The Morgan fingerprint density at radius 2 is 2.09 bits per heavy atom. The number of ketones is 1. The quantitative estimate of drug-likeness (QED) is 0.426. The molecule has 22 heavy (non-hydrogen) atoms. The van der Waals surface area contributed by atoms with Crippen molar-refractivity contribution < 1.29 is 14.3 Å². The molecule has 0 fully saturated rings. The van der Waals surface area contributed by atoms with Crippen LogP contribution < -0.4 is 4.90 Å². The van der Waals surface area contributed by atoms with Crippen molar-refractivity contribution >= 4 is 39.5 Å². The molecule has 1 aromatic carbocycles. The fraction of sp³-hybridized carbons (Fsp3) is 0. The minimum atomic E-state index is -0.0878. The van der Waals surface area contributed by atoms with Gasteiger partial charge < -0.3 is 5.21 Å². The molecule has 0 N–H and O–H groups in total. The van der Waals surface area contributed by atoms with E-state index in [1.54, 1.807) is 29.5 Å². The number of fused-ring (bicyclic) bond motifs is 1. The van der Waals surface area contributed by atoms with Crippen LogP contribution >= 0.6 is 22.7 Å². The van der Waals surface area contributed by atoms with Gasteiger partial charge in [-0.3, -0.25) is 9.42 Å². The third-order valence-corrected chi connectivity index (χ3v) is 5.39. The number of carbonyl (C=O) groups is 1. The summed E-state index contributed by atoms with van der Waals surface area (Å²) < 4.78 is 4.51. The molecule has 3 heterocycles. The van der Waals surface area contributed by atoms with Gasteiger partial charge in [-0.25, -0.2) is 0 Å². The lowest BCUT2D eigenvalue weighted by Crippen LogP contribution is -2.22. The smallest absolute Gasteiger partial charge is 0.249 e. The summed E-state index contributed by atoms with van der Waals surface area (Å²) in [6.45, 7) is 0. The second-order valence-electron chi connectivity index (χ2n) is 4.60. The van der Waals surface area contributed by atoms with Crippen molar-refractivity contribution in [2.75, 3.05) is 0 Å². The largest absolute Gasteiger partial charge is 0.359 e. The van der Waals surface area contributed by atoms with Gasteiger partial charge in [0.15, 0.2) is 0 Å². The summed E-state index contributed by atoms with van der Waals surface area (Å²) in [6, 6.07) is 12.5. The molecular weight excluding hydrogens is 320 g/mol. The van der Waals surface area contributed by atoms with E-state index in [4.69, 9.17) is 0 Å². The van der Waals surface area contributed by atoms with Gasteiger partial charge in [-0.2, -0.15) is 0 Å². The van der Waals surface area contributed by atoms with Gasteiger partial charge in [0.2, 0.25) is 16.8 Å². The molecule has 0 aliphatic heterocycles. The van der Waals surface area contributed by atoms with E-state index in [1.165, 1.54) is 11.3 Å². The molecule has 5 nitrogen and oxygen atoms in total. The number of rotatable bonds is 3. The highest BCUT2D eigenvalue weighted by atomic mass is 32.1. The van der Waals surface area contributed by atoms with Crippen LogP contribution in [0.15, 0.2) is 52.5 Å². The summed E-state index contributed by atoms with van der Waals surface area (Å²) in [5, 5.41) is 16.9. The molecule has 3 aromatic heterocycles. The standard InChI is InChI=1S/C15H8N2O3S2/c18-15(9-3-4-11-10(8-9)16-20-17(11)19)14-6-5-13(22-14)12-2-1-7-21-12/h1-8H. The Kier molecular flexibility index (Phi) is 3.02. The number of aromatic nitrogens is 2. The Balaban J connectivity index is 1.70. The first kappa shape index (κ1) is 13.2. The molecule has 0 saturated carbocycles. The van der Waals surface area contributed by atoms with Crippen molar-refractivity contribution in [3.63, 3.8) is 0 Å². The Morgan fingerprint density at radius 1 is 1.18 bits per heavy atom. The monoisotopic (exact) mass is 328 g/mol. The predicted molar refractivity (Wildman–Crippen MR) is 84.0 cm³/mol. The summed E-state index contributed by atoms with van der Waals surface area (Å²) in [7, 11) is 0. The lowest BCUT2D eigenvalue weighted by Gasteiger charge is -1.96. The van der Waals surface area contributed by atoms with Crippen molar-refractivity contribution in [2.45, 2.75) is 0 Å². The van der Waals surface area contributed by atoms with Gasteiger partial charge in [-0.1, -0.05) is 6.07 Å². The van der Waals surface area contributed by atoms with E-state index < -0.39 is 0 Å². The molecule has 4 rings (SSSR count). The van der Waals surface area contributed by atoms with Gasteiger partial charge in [0.25, 0.3) is 0 Å². The Hall–Kier alpha value is -2.51. The molecule has 108 valence electrons. The van der Waals surface area contributed by atoms with E-state index in [1.807, 2.05) is 29.6 Å². The molecule has 4 aromatic rings. The Morgan fingerprint density at radius 3 is 2.91 bits per heavy atom. The molecule has 0 bridgehead atoms. The van der Waals surface area contributed by atoms with Gasteiger partial charge in [-0.15, -0.1) is 22.7 Å². The number of carbonyl (C=O) groups excluding carboxylic acids is 1. The van der Waals surface area contributed by atoms with Crippen LogP contribution in [0.5, 0.6) is 0 Å². The maximum absolute atomic E-state index is 12.6. The predicted octanol–water partition coefficient (Wildman–Crippen LogP) is 3.48. The summed E-state index contributed by atoms with van der Waals surface area (Å²) in [5.41, 5.74) is 1.17. The highest BCUT2D eigenvalue weighted by Gasteiger charge is 2.17. The average molecular weight is 328 g/mol. The van der Waals surface area contributed by atoms with E-state index in [2.05, 4.69) is 9.79 Å². The summed E-state index contributed by atoms with van der Waals surface area (Å²) in [4.78, 5) is 15.7. The zero-order valence-corrected chi connectivity index (χ0v) is 12.7. The van der Waals surface area contributed by atoms with Gasteiger partial charge in [0, 0.05) is 26.5 Å². The van der Waals surface area contributed by atoms with Crippen LogP contribution in [0, 0.1) is 5.21 Å². The van der Waals surface area contributed by atoms with E-state index in [-0.39, 0.29) is 5.78 Å². The number of nitrogens with zero attached hydrogens (tertiary/aromatic N) is 2. The SMILES string of the molecule is O=C(c1ccc2c(c1)no[n+]2[O-])c1ccc(-c2cccs2)s1. The molecule has 0 amide bonds. The third-order valence-electron chi connectivity index (χ3n) is 3.24. The van der Waals surface area contributed by atoms with Gasteiger partial charge >= 0.3 is 0 Å². The molecule has 0 spiro atoms. The number of benzene rings is 1. The van der Waals surface area contributed by atoms with Crippen molar-refractivity contribution in [1.82, 2.24) is 5.16 Å². The number of hydrogen-bond acceptors (Lipinski definition) is 6. The first-order chi connectivity index (χ1) is 10.7. The topological polar surface area (TPSA) is 70.0 Å². The van der Waals surface area contributed by atoms with Gasteiger partial charge in [0.05, 0.1) is 4.88 Å². The molecular formula is C15H8N2O3S2. The number of hydrogen-bond donors (Lipinski definition) is 0. The zero-order chi connectivity index (χ0) is 15.1. The summed E-state index contributed by atoms with van der Waals surface area (Å²) >= 11 is 3.09. The second kappa shape index (κ2) is 5.04. The lowest BCUT2D eigenvalue weighted by molar-refractivity contribution is -0.782. The highest BCUT2D eigenvalue weighted by molar-refractivity contribution is 7.22. The van der Waals surface area contributed by atoms with Crippen LogP contribution in [-0.2, 0) is 0 Å². The Labute approximate surface area is 132 Å². The van der Waals surface area contributed by atoms with Crippen LogP contribution in [0.3, 0.4) is 0 Å². The molecule has 0 saturated heterocycles. The van der Waals surface area contributed by atoms with Gasteiger partial charge in [0.1, 0.15) is 0 Å².